The van der Waals surface area contributed by atoms with Crippen molar-refractivity contribution in [1.82, 2.24) is 14.6 Å². The lowest BCUT2D eigenvalue weighted by Crippen LogP contribution is -2.56. The van der Waals surface area contributed by atoms with Crippen molar-refractivity contribution in [2.75, 3.05) is 13.1 Å². The van der Waals surface area contributed by atoms with Gasteiger partial charge in [0.15, 0.2) is 0 Å². The van der Waals surface area contributed by atoms with E-state index in [1.165, 1.54) is 0 Å². The van der Waals surface area contributed by atoms with Crippen LogP contribution in [0.3, 0.4) is 0 Å². The second-order valence-electron chi connectivity index (χ2n) is 3.49. The van der Waals surface area contributed by atoms with Gasteiger partial charge in [-0.2, -0.15) is 0 Å². The Labute approximate surface area is 83.2 Å². The lowest BCUT2D eigenvalue weighted by Gasteiger charge is -2.27. The Morgan fingerprint density at radius 1 is 1.57 bits per heavy atom. The van der Waals surface area contributed by atoms with Crippen LogP contribution < -0.4 is 10.0 Å². The summed E-state index contributed by atoms with van der Waals surface area (Å²) in [5, 5.41) is 3.01. The SMILES string of the molecule is Cn1ccc(S(=O)(=O)NC2CNC2)c1. The largest absolute Gasteiger partial charge is 0.356 e. The smallest absolute Gasteiger partial charge is 0.242 e. The van der Waals surface area contributed by atoms with Crippen LogP contribution in [-0.4, -0.2) is 32.1 Å². The first kappa shape index (κ1) is 9.70. The number of aryl methyl sites for hydroxylation is 1. The van der Waals surface area contributed by atoms with Gasteiger partial charge in [-0.1, -0.05) is 0 Å². The first-order chi connectivity index (χ1) is 6.58. The summed E-state index contributed by atoms with van der Waals surface area (Å²) in [7, 11) is -1.51. The second-order valence-corrected chi connectivity index (χ2v) is 5.20. The summed E-state index contributed by atoms with van der Waals surface area (Å²) >= 11 is 0. The van der Waals surface area contributed by atoms with E-state index in [9.17, 15) is 8.42 Å². The van der Waals surface area contributed by atoms with Crippen molar-refractivity contribution in [3.05, 3.63) is 18.5 Å². The Morgan fingerprint density at radius 2 is 2.29 bits per heavy atom. The van der Waals surface area contributed by atoms with E-state index in [2.05, 4.69) is 10.0 Å². The highest BCUT2D eigenvalue weighted by molar-refractivity contribution is 7.89. The maximum atomic E-state index is 11.7. The van der Waals surface area contributed by atoms with Crippen molar-refractivity contribution in [1.29, 1.82) is 0 Å². The van der Waals surface area contributed by atoms with Gasteiger partial charge in [0, 0.05) is 38.6 Å². The van der Waals surface area contributed by atoms with Gasteiger partial charge >= 0.3 is 0 Å². The van der Waals surface area contributed by atoms with Crippen LogP contribution in [0.1, 0.15) is 0 Å². The Balaban J connectivity index is 2.15. The first-order valence-electron chi connectivity index (χ1n) is 4.43. The van der Waals surface area contributed by atoms with Gasteiger partial charge in [0.1, 0.15) is 0 Å². The van der Waals surface area contributed by atoms with Crippen LogP contribution in [0.4, 0.5) is 0 Å². The lowest BCUT2D eigenvalue weighted by atomic mass is 10.2. The van der Waals surface area contributed by atoms with E-state index < -0.39 is 10.0 Å². The Bertz CT molecular complexity index is 420. The standard InChI is InChI=1S/C8H13N3O2S/c1-11-3-2-8(6-11)14(12,13)10-7-4-9-5-7/h2-3,6-7,9-10H,4-5H2,1H3. The normalized spacial score (nSPS) is 18.1. The van der Waals surface area contributed by atoms with Crippen LogP contribution in [0.15, 0.2) is 23.4 Å². The van der Waals surface area contributed by atoms with E-state index in [1.54, 1.807) is 30.1 Å². The third kappa shape index (κ3) is 1.82. The molecule has 1 saturated heterocycles. The monoisotopic (exact) mass is 215 g/mol. The van der Waals surface area contributed by atoms with Gasteiger partial charge in [-0.05, 0) is 6.07 Å². The minimum Gasteiger partial charge on any atom is -0.356 e. The molecule has 78 valence electrons. The summed E-state index contributed by atoms with van der Waals surface area (Å²) in [6.45, 7) is 1.43. The fraction of sp³-hybridized carbons (Fsp3) is 0.500. The molecule has 2 heterocycles. The maximum Gasteiger partial charge on any atom is 0.242 e. The molecule has 6 heteroatoms. The van der Waals surface area contributed by atoms with Crippen LogP contribution in [-0.2, 0) is 17.1 Å². The number of hydrogen-bond acceptors (Lipinski definition) is 3. The molecule has 2 rings (SSSR count). The summed E-state index contributed by atoms with van der Waals surface area (Å²) in [6.07, 6.45) is 3.31. The number of sulfonamides is 1. The molecule has 1 aromatic heterocycles. The number of hydrogen-bond donors (Lipinski definition) is 2. The second kappa shape index (κ2) is 3.38. The third-order valence-corrected chi connectivity index (χ3v) is 3.72. The summed E-state index contributed by atoms with van der Waals surface area (Å²) < 4.78 is 27.7. The van der Waals surface area contributed by atoms with Crippen molar-refractivity contribution in [3.63, 3.8) is 0 Å². The van der Waals surface area contributed by atoms with Crippen molar-refractivity contribution < 1.29 is 8.42 Å². The van der Waals surface area contributed by atoms with Crippen LogP contribution in [0.5, 0.6) is 0 Å². The molecule has 0 saturated carbocycles. The molecule has 0 amide bonds. The summed E-state index contributed by atoms with van der Waals surface area (Å²) in [5.41, 5.74) is 0. The zero-order chi connectivity index (χ0) is 10.2. The first-order valence-corrected chi connectivity index (χ1v) is 5.91. The Morgan fingerprint density at radius 3 is 2.71 bits per heavy atom. The van der Waals surface area contributed by atoms with Crippen molar-refractivity contribution in [2.24, 2.45) is 7.05 Å². The Kier molecular flexibility index (Phi) is 2.34. The molecular weight excluding hydrogens is 202 g/mol. The molecule has 1 aromatic rings. The molecule has 0 radical (unpaired) electrons. The van der Waals surface area contributed by atoms with Crippen LogP contribution in [0.25, 0.3) is 0 Å². The summed E-state index contributed by atoms with van der Waals surface area (Å²) in [4.78, 5) is 0.326. The van der Waals surface area contributed by atoms with Gasteiger partial charge in [-0.15, -0.1) is 0 Å². The molecule has 0 atom stereocenters. The van der Waals surface area contributed by atoms with E-state index in [-0.39, 0.29) is 6.04 Å². The molecule has 1 aliphatic heterocycles. The molecule has 0 bridgehead atoms. The minimum atomic E-state index is -3.31. The van der Waals surface area contributed by atoms with Crippen molar-refractivity contribution in [3.8, 4) is 0 Å². The van der Waals surface area contributed by atoms with Gasteiger partial charge in [0.05, 0.1) is 4.90 Å². The number of rotatable bonds is 3. The molecule has 5 nitrogen and oxygen atoms in total. The van der Waals surface area contributed by atoms with Crippen LogP contribution in [0.2, 0.25) is 0 Å². The molecule has 0 aliphatic carbocycles. The average Bonchev–Trinajstić information content (AvgIpc) is 2.45. The predicted octanol–water partition coefficient (Wildman–Crippen LogP) is -0.725. The lowest BCUT2D eigenvalue weighted by molar-refractivity contribution is 0.410. The number of nitrogens with zero attached hydrogens (tertiary/aromatic N) is 1. The molecule has 0 spiro atoms. The van der Waals surface area contributed by atoms with Gasteiger partial charge in [0.2, 0.25) is 10.0 Å². The van der Waals surface area contributed by atoms with E-state index >= 15 is 0 Å². The Hall–Kier alpha value is -0.850. The van der Waals surface area contributed by atoms with Gasteiger partial charge in [-0.25, -0.2) is 13.1 Å². The highest BCUT2D eigenvalue weighted by Crippen LogP contribution is 2.09. The highest BCUT2D eigenvalue weighted by Gasteiger charge is 2.24. The molecule has 1 fully saturated rings. The number of nitrogens with one attached hydrogen (secondary N) is 2. The molecule has 0 unspecified atom stereocenters. The third-order valence-electron chi connectivity index (χ3n) is 2.22. The van der Waals surface area contributed by atoms with Gasteiger partial charge < -0.3 is 9.88 Å². The summed E-state index contributed by atoms with van der Waals surface area (Å²) in [6, 6.07) is 1.63. The zero-order valence-corrected chi connectivity index (χ0v) is 8.71. The molecule has 0 aromatic carbocycles. The summed E-state index contributed by atoms with van der Waals surface area (Å²) in [5.74, 6) is 0. The minimum absolute atomic E-state index is 0.0419. The van der Waals surface area contributed by atoms with E-state index in [4.69, 9.17) is 0 Å². The van der Waals surface area contributed by atoms with Gasteiger partial charge in [0.25, 0.3) is 0 Å². The van der Waals surface area contributed by atoms with E-state index in [0.717, 1.165) is 0 Å². The van der Waals surface area contributed by atoms with Gasteiger partial charge in [-0.3, -0.25) is 0 Å². The van der Waals surface area contributed by atoms with Crippen molar-refractivity contribution in [2.45, 2.75) is 10.9 Å². The predicted molar refractivity (Wildman–Crippen MR) is 52.4 cm³/mol. The van der Waals surface area contributed by atoms with Crippen LogP contribution >= 0.6 is 0 Å². The number of aromatic nitrogens is 1. The molecular formula is C8H13N3O2S. The molecule has 2 N–H and O–H groups in total. The van der Waals surface area contributed by atoms with Crippen molar-refractivity contribution >= 4 is 10.0 Å². The fourth-order valence-electron chi connectivity index (χ4n) is 1.30. The topological polar surface area (TPSA) is 63.1 Å². The molecule has 1 aliphatic rings. The zero-order valence-electron chi connectivity index (χ0n) is 7.90. The molecule has 14 heavy (non-hydrogen) atoms. The highest BCUT2D eigenvalue weighted by atomic mass is 32.2. The fourth-order valence-corrected chi connectivity index (χ4v) is 2.58. The quantitative estimate of drug-likeness (QED) is 0.699. The van der Waals surface area contributed by atoms with E-state index in [1.807, 2.05) is 0 Å². The maximum absolute atomic E-state index is 11.7. The average molecular weight is 215 g/mol. The van der Waals surface area contributed by atoms with Crippen LogP contribution in [0, 0.1) is 0 Å². The van der Waals surface area contributed by atoms with E-state index in [0.29, 0.717) is 18.0 Å².